The van der Waals surface area contributed by atoms with Crippen LogP contribution in [-0.4, -0.2) is 35.0 Å². The van der Waals surface area contributed by atoms with E-state index in [0.717, 1.165) is 32.1 Å². The molecule has 0 aromatic rings. The molecule has 0 aliphatic heterocycles. The Labute approximate surface area is 92.9 Å². The monoisotopic (exact) mass is 215 g/mol. The van der Waals surface area contributed by atoms with Gasteiger partial charge in [-0.15, -0.1) is 0 Å². The molecule has 90 valence electrons. The van der Waals surface area contributed by atoms with Crippen molar-refractivity contribution in [3.8, 4) is 0 Å². The lowest BCUT2D eigenvalue weighted by molar-refractivity contribution is 0.0863. The van der Waals surface area contributed by atoms with Gasteiger partial charge in [0.2, 0.25) is 0 Å². The molecule has 0 aromatic carbocycles. The summed E-state index contributed by atoms with van der Waals surface area (Å²) in [6, 6.07) is 0.203. The second kappa shape index (κ2) is 6.46. The fraction of sp³-hybridized carbons (Fsp3) is 1.00. The standard InChI is InChI=1S/C12H25NO2/c1-3-9(4-2)12(15)8-13-10-6-5-7-11(10)14/h9-15H,3-8H2,1-2H3/t10-,11-,12?/m0/s1. The van der Waals surface area contributed by atoms with Gasteiger partial charge in [0.1, 0.15) is 0 Å². The van der Waals surface area contributed by atoms with Crippen molar-refractivity contribution in [3.63, 3.8) is 0 Å². The number of nitrogens with one attached hydrogen (secondary N) is 1. The van der Waals surface area contributed by atoms with Crippen LogP contribution in [0.2, 0.25) is 0 Å². The van der Waals surface area contributed by atoms with Gasteiger partial charge in [0, 0.05) is 12.6 Å². The molecule has 0 heterocycles. The molecule has 0 bridgehead atoms. The third-order valence-electron chi connectivity index (χ3n) is 3.66. The van der Waals surface area contributed by atoms with Gasteiger partial charge in [-0.05, 0) is 25.2 Å². The molecule has 3 heteroatoms. The summed E-state index contributed by atoms with van der Waals surface area (Å²) >= 11 is 0. The van der Waals surface area contributed by atoms with Gasteiger partial charge in [0.15, 0.2) is 0 Å². The van der Waals surface area contributed by atoms with Crippen molar-refractivity contribution in [2.24, 2.45) is 5.92 Å². The normalized spacial score (nSPS) is 28.6. The first-order valence-electron chi connectivity index (χ1n) is 6.28. The molecule has 3 atom stereocenters. The summed E-state index contributed by atoms with van der Waals surface area (Å²) in [5.41, 5.74) is 0. The third-order valence-corrected chi connectivity index (χ3v) is 3.66. The molecule has 3 nitrogen and oxygen atoms in total. The van der Waals surface area contributed by atoms with Crippen molar-refractivity contribution in [3.05, 3.63) is 0 Å². The lowest BCUT2D eigenvalue weighted by Gasteiger charge is -2.23. The van der Waals surface area contributed by atoms with E-state index in [0.29, 0.717) is 12.5 Å². The molecule has 1 unspecified atom stereocenters. The predicted octanol–water partition coefficient (Wildman–Crippen LogP) is 1.29. The van der Waals surface area contributed by atoms with Crippen LogP contribution in [0.1, 0.15) is 46.0 Å². The molecule has 1 fully saturated rings. The van der Waals surface area contributed by atoms with E-state index in [-0.39, 0.29) is 18.2 Å². The molecular formula is C12H25NO2. The Morgan fingerprint density at radius 2 is 1.93 bits per heavy atom. The molecule has 0 spiro atoms. The Bertz CT molecular complexity index is 171. The molecule has 1 saturated carbocycles. The molecule has 1 aliphatic rings. The van der Waals surface area contributed by atoms with Crippen LogP contribution in [0.5, 0.6) is 0 Å². The van der Waals surface area contributed by atoms with Crippen LogP contribution in [0, 0.1) is 5.92 Å². The SMILES string of the molecule is CCC(CC)C(O)CN[C@H]1CCC[C@@H]1O. The van der Waals surface area contributed by atoms with E-state index in [9.17, 15) is 10.2 Å². The van der Waals surface area contributed by atoms with Crippen LogP contribution < -0.4 is 5.32 Å². The minimum atomic E-state index is -0.271. The van der Waals surface area contributed by atoms with Gasteiger partial charge in [0.25, 0.3) is 0 Å². The maximum atomic E-state index is 9.91. The lowest BCUT2D eigenvalue weighted by Crippen LogP contribution is -2.42. The van der Waals surface area contributed by atoms with Crippen LogP contribution in [0.25, 0.3) is 0 Å². The van der Waals surface area contributed by atoms with Gasteiger partial charge in [-0.25, -0.2) is 0 Å². The second-order valence-corrected chi connectivity index (χ2v) is 4.66. The van der Waals surface area contributed by atoms with Crippen LogP contribution in [0.3, 0.4) is 0 Å². The van der Waals surface area contributed by atoms with E-state index in [1.807, 2.05) is 0 Å². The zero-order valence-electron chi connectivity index (χ0n) is 9.95. The number of rotatable bonds is 6. The Balaban J connectivity index is 2.23. The molecule has 3 N–H and O–H groups in total. The Hall–Kier alpha value is -0.120. The summed E-state index contributed by atoms with van der Waals surface area (Å²) in [7, 11) is 0. The van der Waals surface area contributed by atoms with Crippen LogP contribution in [0.4, 0.5) is 0 Å². The topological polar surface area (TPSA) is 52.5 Å². The maximum Gasteiger partial charge on any atom is 0.0693 e. The highest BCUT2D eigenvalue weighted by Crippen LogP contribution is 2.19. The maximum absolute atomic E-state index is 9.91. The van der Waals surface area contributed by atoms with Crippen LogP contribution >= 0.6 is 0 Å². The van der Waals surface area contributed by atoms with Crippen LogP contribution in [-0.2, 0) is 0 Å². The quantitative estimate of drug-likeness (QED) is 0.626. The number of hydrogen-bond donors (Lipinski definition) is 3. The van der Waals surface area contributed by atoms with Gasteiger partial charge in [0.05, 0.1) is 12.2 Å². The van der Waals surface area contributed by atoms with Crippen molar-refractivity contribution in [2.75, 3.05) is 6.54 Å². The highest BCUT2D eigenvalue weighted by atomic mass is 16.3. The lowest BCUT2D eigenvalue weighted by atomic mass is 9.96. The first-order chi connectivity index (χ1) is 7.19. The summed E-state index contributed by atoms with van der Waals surface area (Å²) in [5.74, 6) is 0.385. The first kappa shape index (κ1) is 12.9. The average Bonchev–Trinajstić information content (AvgIpc) is 2.63. The fourth-order valence-corrected chi connectivity index (χ4v) is 2.45. The summed E-state index contributed by atoms with van der Waals surface area (Å²) < 4.78 is 0. The second-order valence-electron chi connectivity index (χ2n) is 4.66. The van der Waals surface area contributed by atoms with Gasteiger partial charge in [-0.3, -0.25) is 0 Å². The van der Waals surface area contributed by atoms with E-state index in [1.54, 1.807) is 0 Å². The van der Waals surface area contributed by atoms with Crippen molar-refractivity contribution in [1.82, 2.24) is 5.32 Å². The minimum Gasteiger partial charge on any atom is -0.392 e. The Morgan fingerprint density at radius 3 is 2.40 bits per heavy atom. The van der Waals surface area contributed by atoms with Crippen molar-refractivity contribution >= 4 is 0 Å². The van der Waals surface area contributed by atoms with E-state index in [4.69, 9.17) is 0 Å². The largest absolute Gasteiger partial charge is 0.392 e. The minimum absolute atomic E-state index is 0.203. The fourth-order valence-electron chi connectivity index (χ4n) is 2.45. The first-order valence-corrected chi connectivity index (χ1v) is 6.28. The molecule has 0 radical (unpaired) electrons. The van der Waals surface area contributed by atoms with E-state index in [2.05, 4.69) is 19.2 Å². The predicted molar refractivity (Wildman–Crippen MR) is 61.7 cm³/mol. The zero-order chi connectivity index (χ0) is 11.3. The number of hydrogen-bond acceptors (Lipinski definition) is 3. The average molecular weight is 215 g/mol. The summed E-state index contributed by atoms with van der Waals surface area (Å²) in [6.07, 6.45) is 4.60. The number of aliphatic hydroxyl groups is 2. The number of aliphatic hydroxyl groups excluding tert-OH is 2. The third kappa shape index (κ3) is 3.74. The van der Waals surface area contributed by atoms with Crippen LogP contribution in [0.15, 0.2) is 0 Å². The van der Waals surface area contributed by atoms with Crippen molar-refractivity contribution in [1.29, 1.82) is 0 Å². The van der Waals surface area contributed by atoms with Gasteiger partial charge in [-0.2, -0.15) is 0 Å². The molecule has 1 aliphatic carbocycles. The summed E-state index contributed by atoms with van der Waals surface area (Å²) in [5, 5.41) is 22.8. The zero-order valence-corrected chi connectivity index (χ0v) is 9.95. The molecular weight excluding hydrogens is 190 g/mol. The summed E-state index contributed by atoms with van der Waals surface area (Å²) in [6.45, 7) is 4.84. The van der Waals surface area contributed by atoms with Crippen molar-refractivity contribution < 1.29 is 10.2 Å². The summed E-state index contributed by atoms with van der Waals surface area (Å²) in [4.78, 5) is 0. The van der Waals surface area contributed by atoms with Gasteiger partial charge >= 0.3 is 0 Å². The van der Waals surface area contributed by atoms with E-state index in [1.165, 1.54) is 0 Å². The smallest absolute Gasteiger partial charge is 0.0693 e. The van der Waals surface area contributed by atoms with E-state index < -0.39 is 0 Å². The molecule has 1 rings (SSSR count). The highest BCUT2D eigenvalue weighted by molar-refractivity contribution is 4.83. The highest BCUT2D eigenvalue weighted by Gasteiger charge is 2.26. The van der Waals surface area contributed by atoms with Gasteiger partial charge < -0.3 is 15.5 Å². The molecule has 0 saturated heterocycles. The molecule has 15 heavy (non-hydrogen) atoms. The van der Waals surface area contributed by atoms with Gasteiger partial charge in [-0.1, -0.05) is 26.7 Å². The van der Waals surface area contributed by atoms with Crippen molar-refractivity contribution in [2.45, 2.75) is 64.2 Å². The molecule has 0 aromatic heterocycles. The Morgan fingerprint density at radius 1 is 1.27 bits per heavy atom. The Kier molecular flexibility index (Phi) is 5.58. The molecule has 0 amide bonds. The van der Waals surface area contributed by atoms with E-state index >= 15 is 0 Å².